The molecule has 0 aliphatic rings. The zero-order valence-corrected chi connectivity index (χ0v) is 17.9. The number of carboxylic acids is 1. The van der Waals surface area contributed by atoms with E-state index in [-0.39, 0.29) is 12.3 Å². The fraction of sp³-hybridized carbons (Fsp3) is 0.591. The molecule has 1 aromatic carbocycles. The van der Waals surface area contributed by atoms with Crippen molar-refractivity contribution in [3.63, 3.8) is 0 Å². The first-order valence-corrected chi connectivity index (χ1v) is 10.1. The molecule has 0 aliphatic carbocycles. The molecule has 1 unspecified atom stereocenters. The second-order valence-electron chi connectivity index (χ2n) is 8.22. The number of carbonyl (C=O) groups is 3. The molecule has 2 amide bonds. The average molecular weight is 407 g/mol. The van der Waals surface area contributed by atoms with Crippen molar-refractivity contribution >= 4 is 18.0 Å². The number of benzene rings is 1. The minimum atomic E-state index is -1.10. The number of nitrogens with one attached hydrogen (secondary N) is 2. The number of aryl methyl sites for hydroxylation is 2. The highest BCUT2D eigenvalue weighted by Gasteiger charge is 2.23. The maximum absolute atomic E-state index is 11.9. The second-order valence-corrected chi connectivity index (χ2v) is 8.22. The van der Waals surface area contributed by atoms with Gasteiger partial charge in [-0.3, -0.25) is 4.79 Å². The van der Waals surface area contributed by atoms with E-state index in [0.29, 0.717) is 25.8 Å². The number of carbonyl (C=O) groups excluding carboxylic acids is 2. The van der Waals surface area contributed by atoms with Crippen LogP contribution in [-0.2, 0) is 20.7 Å². The number of rotatable bonds is 11. The molecular formula is C22H34N2O5. The number of hydrogen-bond donors (Lipinski definition) is 3. The van der Waals surface area contributed by atoms with Crippen LogP contribution in [0, 0.1) is 6.92 Å². The highest BCUT2D eigenvalue weighted by atomic mass is 16.6. The van der Waals surface area contributed by atoms with Crippen molar-refractivity contribution in [1.29, 1.82) is 0 Å². The van der Waals surface area contributed by atoms with Gasteiger partial charge in [-0.25, -0.2) is 9.59 Å². The first kappa shape index (κ1) is 24.5. The van der Waals surface area contributed by atoms with Crippen LogP contribution in [0.15, 0.2) is 24.3 Å². The maximum atomic E-state index is 11.9. The lowest BCUT2D eigenvalue weighted by Gasteiger charge is -2.22. The van der Waals surface area contributed by atoms with Gasteiger partial charge in [-0.15, -0.1) is 0 Å². The van der Waals surface area contributed by atoms with Gasteiger partial charge in [-0.1, -0.05) is 29.8 Å². The van der Waals surface area contributed by atoms with E-state index in [9.17, 15) is 19.5 Å². The summed E-state index contributed by atoms with van der Waals surface area (Å²) in [5.41, 5.74) is 1.76. The zero-order chi connectivity index (χ0) is 21.9. The predicted octanol–water partition coefficient (Wildman–Crippen LogP) is 3.58. The molecule has 0 spiro atoms. The van der Waals surface area contributed by atoms with E-state index in [2.05, 4.69) is 34.9 Å². The highest BCUT2D eigenvalue weighted by molar-refractivity contribution is 5.80. The van der Waals surface area contributed by atoms with Crippen molar-refractivity contribution < 1.29 is 24.2 Å². The lowest BCUT2D eigenvalue weighted by Crippen LogP contribution is -2.43. The Morgan fingerprint density at radius 3 is 2.31 bits per heavy atom. The van der Waals surface area contributed by atoms with Gasteiger partial charge >= 0.3 is 12.1 Å². The molecule has 0 aromatic heterocycles. The van der Waals surface area contributed by atoms with Gasteiger partial charge < -0.3 is 20.5 Å². The number of alkyl carbamates (subject to hydrolysis) is 1. The van der Waals surface area contributed by atoms with Crippen molar-refractivity contribution in [2.45, 2.75) is 77.9 Å². The van der Waals surface area contributed by atoms with Gasteiger partial charge in [0.05, 0.1) is 0 Å². The van der Waals surface area contributed by atoms with Crippen LogP contribution in [-0.4, -0.2) is 41.3 Å². The number of hydrogen-bond acceptors (Lipinski definition) is 4. The molecular weight excluding hydrogens is 372 g/mol. The Hall–Kier alpha value is -2.57. The van der Waals surface area contributed by atoms with E-state index in [1.165, 1.54) is 11.1 Å². The Kier molecular flexibility index (Phi) is 10.2. The molecule has 0 radical (unpaired) electrons. The monoisotopic (exact) mass is 406 g/mol. The summed E-state index contributed by atoms with van der Waals surface area (Å²) in [6.45, 7) is 7.68. The van der Waals surface area contributed by atoms with Crippen molar-refractivity contribution in [2.75, 3.05) is 6.54 Å². The molecule has 7 heteroatoms. The highest BCUT2D eigenvalue weighted by Crippen LogP contribution is 2.09. The first-order chi connectivity index (χ1) is 13.6. The fourth-order valence-electron chi connectivity index (χ4n) is 2.70. The topological polar surface area (TPSA) is 105 Å². The molecule has 0 bridgehead atoms. The van der Waals surface area contributed by atoms with Crippen LogP contribution in [0.25, 0.3) is 0 Å². The summed E-state index contributed by atoms with van der Waals surface area (Å²) in [5, 5.41) is 14.5. The predicted molar refractivity (Wildman–Crippen MR) is 112 cm³/mol. The first-order valence-electron chi connectivity index (χ1n) is 10.1. The van der Waals surface area contributed by atoms with Crippen LogP contribution < -0.4 is 10.6 Å². The molecule has 0 saturated carbocycles. The number of unbranched alkanes of at least 4 members (excludes halogenated alkanes) is 1. The Labute approximate surface area is 173 Å². The van der Waals surface area contributed by atoms with E-state index in [4.69, 9.17) is 4.74 Å². The Balaban J connectivity index is 2.18. The smallest absolute Gasteiger partial charge is 0.408 e. The molecule has 7 nitrogen and oxygen atoms in total. The fourth-order valence-corrected chi connectivity index (χ4v) is 2.70. The number of carboxylic acid groups (broad SMARTS) is 1. The average Bonchev–Trinajstić information content (AvgIpc) is 2.60. The summed E-state index contributed by atoms with van der Waals surface area (Å²) >= 11 is 0. The van der Waals surface area contributed by atoms with Crippen molar-refractivity contribution in [1.82, 2.24) is 10.6 Å². The van der Waals surface area contributed by atoms with Crippen LogP contribution in [0.2, 0.25) is 0 Å². The summed E-state index contributed by atoms with van der Waals surface area (Å²) in [5.74, 6) is -1.10. The van der Waals surface area contributed by atoms with Crippen LogP contribution in [0.1, 0.15) is 64.0 Å². The molecule has 0 heterocycles. The molecule has 1 aromatic rings. The summed E-state index contributed by atoms with van der Waals surface area (Å²) in [6, 6.07) is 7.29. The molecule has 3 N–H and O–H groups in total. The standard InChI is InChI=1S/C22H34N2O5/c1-16-11-13-17(14-12-16)8-7-10-19(25)23-15-6-5-9-18(20(26)27)24-21(28)29-22(2,3)4/h11-14,18H,5-10,15H2,1-4H3,(H,23,25)(H,24,28)(H,26,27). The molecule has 162 valence electrons. The van der Waals surface area contributed by atoms with E-state index in [0.717, 1.165) is 12.8 Å². The van der Waals surface area contributed by atoms with Crippen LogP contribution >= 0.6 is 0 Å². The molecule has 0 fully saturated rings. The van der Waals surface area contributed by atoms with Crippen molar-refractivity contribution in [3.05, 3.63) is 35.4 Å². The third-order valence-electron chi connectivity index (χ3n) is 4.22. The lowest BCUT2D eigenvalue weighted by atomic mass is 10.1. The van der Waals surface area contributed by atoms with Crippen LogP contribution in [0.3, 0.4) is 0 Å². The van der Waals surface area contributed by atoms with Crippen molar-refractivity contribution in [2.24, 2.45) is 0 Å². The largest absolute Gasteiger partial charge is 0.480 e. The normalized spacial score (nSPS) is 12.1. The SMILES string of the molecule is Cc1ccc(CCCC(=O)NCCCCC(NC(=O)OC(C)(C)C)C(=O)O)cc1. The van der Waals surface area contributed by atoms with Crippen molar-refractivity contribution in [3.8, 4) is 0 Å². The zero-order valence-electron chi connectivity index (χ0n) is 17.9. The van der Waals surface area contributed by atoms with E-state index >= 15 is 0 Å². The minimum absolute atomic E-state index is 0.00113. The Morgan fingerprint density at radius 1 is 1.07 bits per heavy atom. The van der Waals surface area contributed by atoms with E-state index in [1.54, 1.807) is 20.8 Å². The van der Waals surface area contributed by atoms with Gasteiger partial charge in [-0.05, 0) is 65.4 Å². The van der Waals surface area contributed by atoms with E-state index < -0.39 is 23.7 Å². The van der Waals surface area contributed by atoms with Gasteiger partial charge in [0, 0.05) is 13.0 Å². The molecule has 29 heavy (non-hydrogen) atoms. The molecule has 0 aliphatic heterocycles. The Bertz CT molecular complexity index is 665. The third kappa shape index (κ3) is 11.8. The minimum Gasteiger partial charge on any atom is -0.480 e. The molecule has 0 saturated heterocycles. The number of aliphatic carboxylic acids is 1. The van der Waals surface area contributed by atoms with Gasteiger partial charge in [0.25, 0.3) is 0 Å². The van der Waals surface area contributed by atoms with Gasteiger partial charge in [0.2, 0.25) is 5.91 Å². The van der Waals surface area contributed by atoms with Gasteiger partial charge in [0.15, 0.2) is 0 Å². The molecule has 1 rings (SSSR count). The van der Waals surface area contributed by atoms with E-state index in [1.807, 2.05) is 6.92 Å². The van der Waals surface area contributed by atoms with Crippen LogP contribution in [0.5, 0.6) is 0 Å². The second kappa shape index (κ2) is 12.1. The molecule has 1 atom stereocenters. The quantitative estimate of drug-likeness (QED) is 0.487. The number of amides is 2. The van der Waals surface area contributed by atoms with Crippen LogP contribution in [0.4, 0.5) is 4.79 Å². The Morgan fingerprint density at radius 2 is 1.72 bits per heavy atom. The number of ether oxygens (including phenoxy) is 1. The van der Waals surface area contributed by atoms with Gasteiger partial charge in [-0.2, -0.15) is 0 Å². The summed E-state index contributed by atoms with van der Waals surface area (Å²) < 4.78 is 5.08. The maximum Gasteiger partial charge on any atom is 0.408 e. The summed E-state index contributed by atoms with van der Waals surface area (Å²) in [7, 11) is 0. The summed E-state index contributed by atoms with van der Waals surface area (Å²) in [4.78, 5) is 34.9. The summed E-state index contributed by atoms with van der Waals surface area (Å²) in [6.07, 6.45) is 2.86. The third-order valence-corrected chi connectivity index (χ3v) is 4.22. The van der Waals surface area contributed by atoms with Gasteiger partial charge in [0.1, 0.15) is 11.6 Å². The lowest BCUT2D eigenvalue weighted by molar-refractivity contribution is -0.139.